The summed E-state index contributed by atoms with van der Waals surface area (Å²) in [7, 11) is 0. The zero-order valence-electron chi connectivity index (χ0n) is 33.5. The molecule has 0 N–H and O–H groups in total. The van der Waals surface area contributed by atoms with Crippen molar-refractivity contribution in [3.05, 3.63) is 175 Å². The van der Waals surface area contributed by atoms with Gasteiger partial charge in [0.1, 0.15) is 0 Å². The van der Waals surface area contributed by atoms with Crippen LogP contribution in [0.4, 0.5) is 0 Å². The molecular weight excluding hydrogens is 651 g/mol. The van der Waals surface area contributed by atoms with E-state index in [1.165, 1.54) is 33.6 Å². The topological polar surface area (TPSA) is 38.7 Å². The van der Waals surface area contributed by atoms with Gasteiger partial charge in [-0.3, -0.25) is 0 Å². The van der Waals surface area contributed by atoms with Crippen LogP contribution in [0.25, 0.3) is 87.7 Å². The molecule has 0 aliphatic heterocycles. The van der Waals surface area contributed by atoms with Crippen LogP contribution >= 0.6 is 11.3 Å². The second-order valence-electron chi connectivity index (χ2n) is 13.7. The summed E-state index contributed by atoms with van der Waals surface area (Å²) < 4.78 is 45.0. The Balaban J connectivity index is 1.24. The Morgan fingerprint density at radius 2 is 1.13 bits per heavy atom. The fraction of sp³-hybridized carbons (Fsp3) is 0.0625. The van der Waals surface area contributed by atoms with Gasteiger partial charge < -0.3 is 0 Å². The van der Waals surface area contributed by atoms with Crippen molar-refractivity contribution in [1.82, 2.24) is 15.0 Å². The van der Waals surface area contributed by atoms with E-state index in [2.05, 4.69) is 68.4 Å². The van der Waals surface area contributed by atoms with Gasteiger partial charge in [-0.1, -0.05) is 153 Å². The first-order valence-corrected chi connectivity index (χ1v) is 18.1. The summed E-state index contributed by atoms with van der Waals surface area (Å²) in [5, 5.41) is 1.81. The lowest BCUT2D eigenvalue weighted by Crippen LogP contribution is -2.15. The highest BCUT2D eigenvalue weighted by molar-refractivity contribution is 7.26. The molecule has 1 aliphatic carbocycles. The summed E-state index contributed by atoms with van der Waals surface area (Å²) in [6, 6.07) is 43.5. The van der Waals surface area contributed by atoms with E-state index in [1.54, 1.807) is 0 Å². The van der Waals surface area contributed by atoms with Gasteiger partial charge in [0.2, 0.25) is 0 Å². The summed E-state index contributed by atoms with van der Waals surface area (Å²) in [4.78, 5) is 15.5. The van der Waals surface area contributed by atoms with Gasteiger partial charge in [0.05, 0.1) is 6.85 Å². The molecule has 0 fully saturated rings. The number of aromatic nitrogens is 3. The molecule has 3 nitrogen and oxygen atoms in total. The number of hydrogen-bond acceptors (Lipinski definition) is 4. The molecule has 0 amide bonds. The van der Waals surface area contributed by atoms with Crippen molar-refractivity contribution in [3.63, 3.8) is 0 Å². The maximum atomic E-state index is 8.96. The lowest BCUT2D eigenvalue weighted by atomic mass is 9.82. The van der Waals surface area contributed by atoms with Crippen molar-refractivity contribution >= 4 is 31.5 Å². The van der Waals surface area contributed by atoms with Gasteiger partial charge in [-0.15, -0.1) is 11.3 Å². The lowest BCUT2D eigenvalue weighted by molar-refractivity contribution is 0.660. The summed E-state index contributed by atoms with van der Waals surface area (Å²) in [5.41, 5.74) is 9.93. The third kappa shape index (κ3) is 4.90. The van der Waals surface area contributed by atoms with E-state index in [4.69, 9.17) is 21.8 Å². The molecule has 0 bridgehead atoms. The molecule has 0 saturated carbocycles. The van der Waals surface area contributed by atoms with Gasteiger partial charge in [-0.25, -0.2) is 15.0 Å². The van der Waals surface area contributed by atoms with E-state index in [1.807, 2.05) is 78.9 Å². The molecule has 4 heteroatoms. The highest BCUT2D eigenvalue weighted by atomic mass is 32.1. The summed E-state index contributed by atoms with van der Waals surface area (Å²) >= 11 is 1.53. The molecule has 246 valence electrons. The van der Waals surface area contributed by atoms with Gasteiger partial charge in [-0.2, -0.15) is 0 Å². The van der Waals surface area contributed by atoms with E-state index < -0.39 is 6.04 Å². The largest absolute Gasteiger partial charge is 0.208 e. The number of nitrogens with zero attached hydrogens (tertiary/aromatic N) is 3. The number of fused-ring (bicyclic) bond motifs is 6. The summed E-state index contributed by atoms with van der Waals surface area (Å²) in [5.74, 6) is 1.64. The van der Waals surface area contributed by atoms with Crippen molar-refractivity contribution in [2.24, 2.45) is 0 Å². The highest BCUT2D eigenvalue weighted by Gasteiger charge is 2.35. The lowest BCUT2D eigenvalue weighted by Gasteiger charge is -2.21. The van der Waals surface area contributed by atoms with Crippen LogP contribution in [0, 0.1) is 0 Å². The Labute approximate surface area is 314 Å². The van der Waals surface area contributed by atoms with Crippen LogP contribution in [0.5, 0.6) is 0 Å². The van der Waals surface area contributed by atoms with E-state index >= 15 is 0 Å². The van der Waals surface area contributed by atoms with Crippen LogP contribution < -0.4 is 0 Å². The van der Waals surface area contributed by atoms with Crippen LogP contribution in [-0.2, 0) is 5.41 Å². The van der Waals surface area contributed by atoms with Gasteiger partial charge in [0.25, 0.3) is 0 Å². The predicted molar refractivity (Wildman–Crippen MR) is 217 cm³/mol. The minimum Gasteiger partial charge on any atom is -0.208 e. The Bertz CT molecular complexity index is 3080. The summed E-state index contributed by atoms with van der Waals surface area (Å²) in [6.07, 6.45) is 0. The standard InChI is InChI=1S/C48H33N3S/c1-48(2)40-23-13-12-21-35(40)36-26-25-33(29-41(36)48)46-49-45(32-19-10-5-11-20-32)50-47(51-46)37-22-14-24-42-43(37)39-28-34(30-15-6-3-7-16-30)27-38(44(39)52-42)31-17-8-4-9-18-31/h3-29H,1-2H3/i4D,8D,9D,17D,18D. The number of hydrogen-bond donors (Lipinski definition) is 0. The molecule has 0 atom stereocenters. The molecule has 7 aromatic carbocycles. The first kappa shape index (κ1) is 25.7. The summed E-state index contributed by atoms with van der Waals surface area (Å²) in [6.45, 7) is 4.53. The zero-order chi connectivity index (χ0) is 39.2. The predicted octanol–water partition coefficient (Wildman–Crippen LogP) is 12.9. The molecule has 0 spiro atoms. The van der Waals surface area contributed by atoms with Crippen LogP contribution in [0.2, 0.25) is 0 Å². The molecule has 9 aromatic rings. The molecule has 0 radical (unpaired) electrons. The van der Waals surface area contributed by atoms with Crippen molar-refractivity contribution < 1.29 is 6.85 Å². The van der Waals surface area contributed by atoms with Gasteiger partial charge in [0, 0.05) is 47.8 Å². The molecule has 0 saturated heterocycles. The third-order valence-electron chi connectivity index (χ3n) is 10.2. The minimum absolute atomic E-state index is 0.174. The van der Waals surface area contributed by atoms with Crippen LogP contribution in [0.1, 0.15) is 31.8 Å². The first-order chi connectivity index (χ1) is 27.6. The average molecular weight is 689 g/mol. The molecule has 1 aliphatic rings. The first-order valence-electron chi connectivity index (χ1n) is 19.8. The van der Waals surface area contributed by atoms with Crippen LogP contribution in [0.3, 0.4) is 0 Å². The Morgan fingerprint density at radius 3 is 1.92 bits per heavy atom. The monoisotopic (exact) mass is 688 g/mol. The molecule has 0 unspecified atom stereocenters. The van der Waals surface area contributed by atoms with Crippen molar-refractivity contribution in [2.45, 2.75) is 19.3 Å². The fourth-order valence-corrected chi connectivity index (χ4v) is 8.90. The maximum absolute atomic E-state index is 8.96. The Hall–Kier alpha value is -6.23. The van der Waals surface area contributed by atoms with E-state index in [-0.39, 0.29) is 35.1 Å². The number of benzene rings is 7. The van der Waals surface area contributed by atoms with E-state index in [9.17, 15) is 0 Å². The molecule has 2 aromatic heterocycles. The highest BCUT2D eigenvalue weighted by Crippen LogP contribution is 2.50. The van der Waals surface area contributed by atoms with Crippen molar-refractivity contribution in [2.75, 3.05) is 0 Å². The van der Waals surface area contributed by atoms with Gasteiger partial charge in [0.15, 0.2) is 17.5 Å². The third-order valence-corrected chi connectivity index (χ3v) is 11.4. The zero-order valence-corrected chi connectivity index (χ0v) is 29.3. The van der Waals surface area contributed by atoms with E-state index in [0.29, 0.717) is 23.0 Å². The molecular formula is C48H33N3S. The molecule has 10 rings (SSSR count). The van der Waals surface area contributed by atoms with Crippen LogP contribution in [0.15, 0.2) is 164 Å². The minimum atomic E-state index is -0.417. The number of thiophene rings is 1. The van der Waals surface area contributed by atoms with Gasteiger partial charge >= 0.3 is 0 Å². The van der Waals surface area contributed by atoms with E-state index in [0.717, 1.165) is 48.0 Å². The van der Waals surface area contributed by atoms with Crippen LogP contribution in [-0.4, -0.2) is 15.0 Å². The fourth-order valence-electron chi connectivity index (χ4n) is 7.67. The van der Waals surface area contributed by atoms with Crippen molar-refractivity contribution in [3.8, 4) is 67.5 Å². The Morgan fingerprint density at radius 1 is 0.481 bits per heavy atom. The SMILES string of the molecule is [2H]c1c([2H])c([2H])c(-c2cc(-c3ccccc3)cc3c2sc2cccc(-c4nc(-c5ccccc5)nc(-c5ccc6c(c5)C(C)(C)c5ccccc5-6)n4)c23)c([2H])c1[2H]. The second kappa shape index (κ2) is 11.9. The maximum Gasteiger partial charge on any atom is 0.164 e. The molecule has 52 heavy (non-hydrogen) atoms. The Kier molecular flexibility index (Phi) is 5.89. The smallest absolute Gasteiger partial charge is 0.164 e. The second-order valence-corrected chi connectivity index (χ2v) is 14.7. The van der Waals surface area contributed by atoms with Gasteiger partial charge in [-0.05, 0) is 63.2 Å². The van der Waals surface area contributed by atoms with Crippen molar-refractivity contribution in [1.29, 1.82) is 0 Å². The molecule has 2 heterocycles. The average Bonchev–Trinajstić information content (AvgIpc) is 3.74. The normalized spacial score (nSPS) is 14.3. The quantitative estimate of drug-likeness (QED) is 0.181. The number of rotatable bonds is 5.